The first-order chi connectivity index (χ1) is 12.1. The number of aryl methyl sites for hydroxylation is 1. The third-order valence-corrected chi connectivity index (χ3v) is 4.58. The molecule has 3 rings (SSSR count). The molecule has 0 aliphatic heterocycles. The SMILES string of the molecule is COc1ccc(C)cc1.COc1ccc(CC2CCCCC2=O)cc1. The molecule has 134 valence electrons. The Hall–Kier alpha value is -2.29. The maximum Gasteiger partial charge on any atom is 0.136 e. The molecule has 0 amide bonds. The molecule has 0 N–H and O–H groups in total. The van der Waals surface area contributed by atoms with Crippen molar-refractivity contribution in [2.45, 2.75) is 39.0 Å². The van der Waals surface area contributed by atoms with Gasteiger partial charge in [-0.3, -0.25) is 4.79 Å². The van der Waals surface area contributed by atoms with Crippen LogP contribution >= 0.6 is 0 Å². The first kappa shape index (κ1) is 19.0. The molecule has 1 fully saturated rings. The highest BCUT2D eigenvalue weighted by Crippen LogP contribution is 2.24. The number of benzene rings is 2. The standard InChI is InChI=1S/C14H18O2.C8H10O/c1-16-13-8-6-11(7-9-13)10-12-4-2-3-5-14(12)15;1-7-3-5-8(9-2)6-4-7/h6-9,12H,2-5,10H2,1H3;3-6H,1-2H3. The van der Waals surface area contributed by atoms with Crippen LogP contribution in [-0.2, 0) is 11.2 Å². The Morgan fingerprint density at radius 3 is 1.96 bits per heavy atom. The molecule has 1 aliphatic rings. The molecule has 0 heterocycles. The molecule has 0 aromatic heterocycles. The lowest BCUT2D eigenvalue weighted by molar-refractivity contribution is -0.124. The molecule has 1 saturated carbocycles. The van der Waals surface area contributed by atoms with Crippen molar-refractivity contribution in [1.29, 1.82) is 0 Å². The van der Waals surface area contributed by atoms with E-state index in [-0.39, 0.29) is 5.92 Å². The van der Waals surface area contributed by atoms with Crippen molar-refractivity contribution in [2.24, 2.45) is 5.92 Å². The van der Waals surface area contributed by atoms with Crippen LogP contribution in [-0.4, -0.2) is 20.0 Å². The Labute approximate surface area is 151 Å². The van der Waals surface area contributed by atoms with Crippen LogP contribution in [0.3, 0.4) is 0 Å². The largest absolute Gasteiger partial charge is 0.497 e. The van der Waals surface area contributed by atoms with Gasteiger partial charge in [0.15, 0.2) is 0 Å². The molecular formula is C22H28O3. The number of ether oxygens (including phenoxy) is 2. The van der Waals surface area contributed by atoms with Gasteiger partial charge in [0.2, 0.25) is 0 Å². The van der Waals surface area contributed by atoms with Gasteiger partial charge in [-0.1, -0.05) is 36.2 Å². The average molecular weight is 340 g/mol. The second-order valence-corrected chi connectivity index (χ2v) is 6.48. The molecule has 1 aliphatic carbocycles. The quantitative estimate of drug-likeness (QED) is 0.785. The number of carbonyl (C=O) groups is 1. The van der Waals surface area contributed by atoms with Crippen LogP contribution in [0.25, 0.3) is 0 Å². The number of rotatable bonds is 4. The van der Waals surface area contributed by atoms with Gasteiger partial charge in [-0.2, -0.15) is 0 Å². The van der Waals surface area contributed by atoms with Crippen LogP contribution in [0, 0.1) is 12.8 Å². The minimum Gasteiger partial charge on any atom is -0.497 e. The van der Waals surface area contributed by atoms with Crippen molar-refractivity contribution in [3.63, 3.8) is 0 Å². The minimum absolute atomic E-state index is 0.252. The van der Waals surface area contributed by atoms with Gasteiger partial charge < -0.3 is 9.47 Å². The zero-order valence-electron chi connectivity index (χ0n) is 15.5. The number of hydrogen-bond acceptors (Lipinski definition) is 3. The van der Waals surface area contributed by atoms with Gasteiger partial charge in [-0.25, -0.2) is 0 Å². The average Bonchev–Trinajstić information content (AvgIpc) is 2.65. The van der Waals surface area contributed by atoms with Crippen LogP contribution in [0.15, 0.2) is 48.5 Å². The van der Waals surface area contributed by atoms with E-state index in [1.165, 1.54) is 17.5 Å². The molecule has 0 spiro atoms. The van der Waals surface area contributed by atoms with Gasteiger partial charge in [0.05, 0.1) is 14.2 Å². The topological polar surface area (TPSA) is 35.5 Å². The highest BCUT2D eigenvalue weighted by atomic mass is 16.5. The van der Waals surface area contributed by atoms with E-state index in [1.807, 2.05) is 36.4 Å². The Morgan fingerprint density at radius 2 is 1.44 bits per heavy atom. The fourth-order valence-corrected chi connectivity index (χ4v) is 2.99. The number of Topliss-reactive ketones (excluding diaryl/α,β-unsaturated/α-hetero) is 1. The normalized spacial score (nSPS) is 16.6. The van der Waals surface area contributed by atoms with Crippen molar-refractivity contribution in [3.8, 4) is 11.5 Å². The molecule has 1 atom stereocenters. The third kappa shape index (κ3) is 6.26. The fourth-order valence-electron chi connectivity index (χ4n) is 2.99. The van der Waals surface area contributed by atoms with E-state index < -0.39 is 0 Å². The summed E-state index contributed by atoms with van der Waals surface area (Å²) in [6.45, 7) is 2.06. The maximum atomic E-state index is 11.7. The Kier molecular flexibility index (Phi) is 7.52. The summed E-state index contributed by atoms with van der Waals surface area (Å²) < 4.78 is 10.1. The van der Waals surface area contributed by atoms with E-state index in [9.17, 15) is 4.79 Å². The predicted octanol–water partition coefficient (Wildman–Crippen LogP) is 5.00. The van der Waals surface area contributed by atoms with Crippen molar-refractivity contribution in [3.05, 3.63) is 59.7 Å². The molecule has 3 nitrogen and oxygen atoms in total. The van der Waals surface area contributed by atoms with Crippen LogP contribution < -0.4 is 9.47 Å². The van der Waals surface area contributed by atoms with E-state index in [2.05, 4.69) is 19.1 Å². The smallest absolute Gasteiger partial charge is 0.136 e. The summed E-state index contributed by atoms with van der Waals surface area (Å²) in [5.74, 6) is 2.49. The van der Waals surface area contributed by atoms with E-state index in [0.29, 0.717) is 5.78 Å². The summed E-state index contributed by atoms with van der Waals surface area (Å²) in [6.07, 6.45) is 5.01. The van der Waals surface area contributed by atoms with Gasteiger partial charge in [-0.05, 0) is 56.0 Å². The molecule has 0 bridgehead atoms. The number of hydrogen-bond donors (Lipinski definition) is 0. The molecule has 2 aromatic carbocycles. The van der Waals surface area contributed by atoms with Gasteiger partial charge in [0, 0.05) is 12.3 Å². The molecule has 2 aromatic rings. The van der Waals surface area contributed by atoms with Gasteiger partial charge >= 0.3 is 0 Å². The highest BCUT2D eigenvalue weighted by Gasteiger charge is 2.22. The predicted molar refractivity (Wildman–Crippen MR) is 101 cm³/mol. The van der Waals surface area contributed by atoms with Gasteiger partial charge in [0.1, 0.15) is 17.3 Å². The minimum atomic E-state index is 0.252. The van der Waals surface area contributed by atoms with Crippen molar-refractivity contribution in [2.75, 3.05) is 14.2 Å². The second-order valence-electron chi connectivity index (χ2n) is 6.48. The highest BCUT2D eigenvalue weighted by molar-refractivity contribution is 5.81. The van der Waals surface area contributed by atoms with Crippen LogP contribution in [0.4, 0.5) is 0 Å². The zero-order chi connectivity index (χ0) is 18.1. The van der Waals surface area contributed by atoms with Gasteiger partial charge in [0.25, 0.3) is 0 Å². The Morgan fingerprint density at radius 1 is 0.880 bits per heavy atom. The lowest BCUT2D eigenvalue weighted by Gasteiger charge is -2.20. The monoisotopic (exact) mass is 340 g/mol. The van der Waals surface area contributed by atoms with Crippen LogP contribution in [0.5, 0.6) is 11.5 Å². The maximum absolute atomic E-state index is 11.7. The van der Waals surface area contributed by atoms with Crippen LogP contribution in [0.1, 0.15) is 36.8 Å². The van der Waals surface area contributed by atoms with E-state index in [1.54, 1.807) is 14.2 Å². The van der Waals surface area contributed by atoms with E-state index in [0.717, 1.165) is 37.2 Å². The van der Waals surface area contributed by atoms with Crippen molar-refractivity contribution < 1.29 is 14.3 Å². The number of carbonyl (C=O) groups excluding carboxylic acids is 1. The first-order valence-corrected chi connectivity index (χ1v) is 8.88. The van der Waals surface area contributed by atoms with Crippen molar-refractivity contribution in [1.82, 2.24) is 0 Å². The summed E-state index contributed by atoms with van der Waals surface area (Å²) in [6, 6.07) is 16.0. The lowest BCUT2D eigenvalue weighted by Crippen LogP contribution is -2.20. The molecule has 1 unspecified atom stereocenters. The summed E-state index contributed by atoms with van der Waals surface area (Å²) in [7, 11) is 3.34. The fraction of sp³-hybridized carbons (Fsp3) is 0.409. The molecular weight excluding hydrogens is 312 g/mol. The number of ketones is 1. The van der Waals surface area contributed by atoms with Gasteiger partial charge in [-0.15, -0.1) is 0 Å². The first-order valence-electron chi connectivity index (χ1n) is 8.88. The summed E-state index contributed by atoms with van der Waals surface area (Å²) in [5, 5.41) is 0. The number of methoxy groups -OCH3 is 2. The van der Waals surface area contributed by atoms with E-state index >= 15 is 0 Å². The Balaban J connectivity index is 0.000000212. The summed E-state index contributed by atoms with van der Waals surface area (Å²) in [4.78, 5) is 11.7. The molecule has 0 saturated heterocycles. The molecule has 25 heavy (non-hydrogen) atoms. The summed E-state index contributed by atoms with van der Waals surface area (Å²) in [5.41, 5.74) is 2.50. The van der Waals surface area contributed by atoms with Crippen molar-refractivity contribution >= 4 is 5.78 Å². The lowest BCUT2D eigenvalue weighted by atomic mass is 9.84. The van der Waals surface area contributed by atoms with E-state index in [4.69, 9.17) is 9.47 Å². The van der Waals surface area contributed by atoms with Crippen LogP contribution in [0.2, 0.25) is 0 Å². The second kappa shape index (κ2) is 9.87. The zero-order valence-corrected chi connectivity index (χ0v) is 15.5. The molecule has 3 heteroatoms. The molecule has 0 radical (unpaired) electrons. The third-order valence-electron chi connectivity index (χ3n) is 4.58. The summed E-state index contributed by atoms with van der Waals surface area (Å²) >= 11 is 0. The Bertz CT molecular complexity index is 644.